The number of hydrogen-bond donors (Lipinski definition) is 1. The highest BCUT2D eigenvalue weighted by atomic mass is 35.5. The molecule has 0 atom stereocenters. The van der Waals surface area contributed by atoms with Crippen molar-refractivity contribution in [1.82, 2.24) is 10.2 Å². The van der Waals surface area contributed by atoms with E-state index in [1.165, 1.54) is 0 Å². The van der Waals surface area contributed by atoms with Crippen LogP contribution >= 0.6 is 23.2 Å². The third-order valence-electron chi connectivity index (χ3n) is 2.43. The summed E-state index contributed by atoms with van der Waals surface area (Å²) in [6.07, 6.45) is 0.772. The van der Waals surface area contributed by atoms with Crippen molar-refractivity contribution in [3.8, 4) is 0 Å². The van der Waals surface area contributed by atoms with Crippen LogP contribution in [0, 0.1) is 0 Å². The summed E-state index contributed by atoms with van der Waals surface area (Å²) < 4.78 is 0. The lowest BCUT2D eigenvalue weighted by Crippen LogP contribution is -2.04. The van der Waals surface area contributed by atoms with Crippen molar-refractivity contribution in [2.45, 2.75) is 13.3 Å². The van der Waals surface area contributed by atoms with E-state index in [4.69, 9.17) is 23.2 Å². The first-order valence-corrected chi connectivity index (χ1v) is 6.52. The van der Waals surface area contributed by atoms with Crippen LogP contribution in [0.4, 0.5) is 5.82 Å². The molecule has 0 radical (unpaired) electrons. The highest BCUT2D eigenvalue weighted by Gasteiger charge is 2.02. The van der Waals surface area contributed by atoms with Crippen LogP contribution in [-0.2, 0) is 0 Å². The van der Waals surface area contributed by atoms with E-state index in [0.29, 0.717) is 16.0 Å². The van der Waals surface area contributed by atoms with E-state index in [2.05, 4.69) is 20.7 Å². The number of rotatable bonds is 4. The van der Waals surface area contributed by atoms with Crippen LogP contribution in [0.3, 0.4) is 0 Å². The molecule has 1 aromatic heterocycles. The van der Waals surface area contributed by atoms with Gasteiger partial charge in [0.15, 0.2) is 11.0 Å². The Morgan fingerprint density at radius 3 is 2.68 bits per heavy atom. The molecule has 0 aliphatic rings. The van der Waals surface area contributed by atoms with Gasteiger partial charge in [0.1, 0.15) is 0 Å². The number of benzene rings is 1. The van der Waals surface area contributed by atoms with Gasteiger partial charge in [0.2, 0.25) is 0 Å². The summed E-state index contributed by atoms with van der Waals surface area (Å²) in [5.41, 5.74) is 4.72. The molecule has 1 heterocycles. The average molecular weight is 295 g/mol. The van der Waals surface area contributed by atoms with Gasteiger partial charge in [0.25, 0.3) is 0 Å². The smallest absolute Gasteiger partial charge is 0.168 e. The minimum absolute atomic E-state index is 0.347. The SMILES string of the molecule is CCC(=NNc1ccc(Cl)nn1)c1cccc(Cl)c1. The Morgan fingerprint density at radius 2 is 2.05 bits per heavy atom. The van der Waals surface area contributed by atoms with Crippen molar-refractivity contribution < 1.29 is 0 Å². The molecule has 0 saturated carbocycles. The molecular weight excluding hydrogens is 283 g/mol. The Labute approximate surface area is 121 Å². The van der Waals surface area contributed by atoms with Crippen LogP contribution in [0.5, 0.6) is 0 Å². The van der Waals surface area contributed by atoms with E-state index in [-0.39, 0.29) is 0 Å². The molecule has 6 heteroatoms. The molecule has 0 unspecified atom stereocenters. The minimum atomic E-state index is 0.347. The fraction of sp³-hybridized carbons (Fsp3) is 0.154. The normalized spacial score (nSPS) is 11.4. The molecule has 1 aromatic carbocycles. The first-order valence-electron chi connectivity index (χ1n) is 5.77. The van der Waals surface area contributed by atoms with Crippen molar-refractivity contribution in [3.63, 3.8) is 0 Å². The monoisotopic (exact) mass is 294 g/mol. The maximum Gasteiger partial charge on any atom is 0.168 e. The molecular formula is C13H12Cl2N4. The van der Waals surface area contributed by atoms with Gasteiger partial charge in [-0.3, -0.25) is 5.43 Å². The molecule has 2 aromatic rings. The molecule has 0 bridgehead atoms. The highest BCUT2D eigenvalue weighted by molar-refractivity contribution is 6.31. The molecule has 0 aliphatic carbocycles. The van der Waals surface area contributed by atoms with Crippen molar-refractivity contribution in [3.05, 3.63) is 52.1 Å². The summed E-state index contributed by atoms with van der Waals surface area (Å²) in [5, 5.41) is 13.0. The molecule has 0 aliphatic heterocycles. The second-order valence-electron chi connectivity index (χ2n) is 3.78. The van der Waals surface area contributed by atoms with Gasteiger partial charge in [-0.05, 0) is 36.2 Å². The van der Waals surface area contributed by atoms with Crippen LogP contribution in [-0.4, -0.2) is 15.9 Å². The number of anilines is 1. The fourth-order valence-electron chi connectivity index (χ4n) is 1.52. The summed E-state index contributed by atoms with van der Waals surface area (Å²) in [6, 6.07) is 10.9. The van der Waals surface area contributed by atoms with Crippen LogP contribution in [0.25, 0.3) is 0 Å². The van der Waals surface area contributed by atoms with Gasteiger partial charge < -0.3 is 0 Å². The number of hydrazone groups is 1. The second-order valence-corrected chi connectivity index (χ2v) is 4.60. The molecule has 19 heavy (non-hydrogen) atoms. The zero-order chi connectivity index (χ0) is 13.7. The largest absolute Gasteiger partial charge is 0.260 e. The van der Waals surface area contributed by atoms with E-state index in [9.17, 15) is 0 Å². The van der Waals surface area contributed by atoms with E-state index < -0.39 is 0 Å². The molecule has 0 fully saturated rings. The molecule has 0 amide bonds. The summed E-state index contributed by atoms with van der Waals surface area (Å²) in [6.45, 7) is 2.02. The van der Waals surface area contributed by atoms with Crippen molar-refractivity contribution in [1.29, 1.82) is 0 Å². The molecule has 2 rings (SSSR count). The standard InChI is InChI=1S/C13H12Cl2N4/c1-2-11(9-4-3-5-10(14)8-9)16-18-13-7-6-12(15)17-19-13/h3-8H,2H2,1H3,(H,18,19). The predicted octanol–water partition coefficient (Wildman–Crippen LogP) is 4.01. The van der Waals surface area contributed by atoms with Gasteiger partial charge in [-0.1, -0.05) is 42.3 Å². The van der Waals surface area contributed by atoms with E-state index >= 15 is 0 Å². The van der Waals surface area contributed by atoms with Crippen LogP contribution in [0.2, 0.25) is 10.2 Å². The van der Waals surface area contributed by atoms with E-state index in [0.717, 1.165) is 17.7 Å². The zero-order valence-corrected chi connectivity index (χ0v) is 11.8. The van der Waals surface area contributed by atoms with Gasteiger partial charge in [0, 0.05) is 5.02 Å². The molecule has 0 saturated heterocycles. The summed E-state index contributed by atoms with van der Waals surface area (Å²) in [4.78, 5) is 0. The Morgan fingerprint density at radius 1 is 1.21 bits per heavy atom. The van der Waals surface area contributed by atoms with Crippen LogP contribution in [0.15, 0.2) is 41.5 Å². The van der Waals surface area contributed by atoms with Gasteiger partial charge in [-0.15, -0.1) is 10.2 Å². The van der Waals surface area contributed by atoms with Crippen LogP contribution < -0.4 is 5.43 Å². The van der Waals surface area contributed by atoms with Crippen molar-refractivity contribution in [2.24, 2.45) is 5.10 Å². The molecule has 0 spiro atoms. The Kier molecular flexibility index (Phi) is 4.71. The lowest BCUT2D eigenvalue weighted by Gasteiger charge is -2.05. The van der Waals surface area contributed by atoms with Gasteiger partial charge >= 0.3 is 0 Å². The topological polar surface area (TPSA) is 50.2 Å². The number of aromatic nitrogens is 2. The number of halogens is 2. The number of nitrogens with one attached hydrogen (secondary N) is 1. The maximum atomic E-state index is 5.97. The minimum Gasteiger partial charge on any atom is -0.260 e. The lowest BCUT2D eigenvalue weighted by atomic mass is 10.1. The fourth-order valence-corrected chi connectivity index (χ4v) is 1.81. The molecule has 4 nitrogen and oxygen atoms in total. The quantitative estimate of drug-likeness (QED) is 0.685. The second kappa shape index (κ2) is 6.50. The summed E-state index contributed by atoms with van der Waals surface area (Å²) in [5.74, 6) is 0.539. The number of nitrogens with zero attached hydrogens (tertiary/aromatic N) is 3. The van der Waals surface area contributed by atoms with Crippen molar-refractivity contribution in [2.75, 3.05) is 5.43 Å². The third kappa shape index (κ3) is 3.91. The third-order valence-corrected chi connectivity index (χ3v) is 2.87. The van der Waals surface area contributed by atoms with E-state index in [1.54, 1.807) is 12.1 Å². The lowest BCUT2D eigenvalue weighted by molar-refractivity contribution is 1.02. The van der Waals surface area contributed by atoms with Gasteiger partial charge in [0.05, 0.1) is 5.71 Å². The highest BCUT2D eigenvalue weighted by Crippen LogP contribution is 2.13. The van der Waals surface area contributed by atoms with Gasteiger partial charge in [-0.25, -0.2) is 0 Å². The Hall–Kier alpha value is -1.65. The van der Waals surface area contributed by atoms with Crippen molar-refractivity contribution >= 4 is 34.7 Å². The Bertz CT molecular complexity index is 581. The van der Waals surface area contributed by atoms with E-state index in [1.807, 2.05) is 31.2 Å². The first kappa shape index (κ1) is 13.8. The average Bonchev–Trinajstić information content (AvgIpc) is 2.42. The zero-order valence-electron chi connectivity index (χ0n) is 10.3. The maximum absolute atomic E-state index is 5.97. The summed E-state index contributed by atoms with van der Waals surface area (Å²) >= 11 is 11.6. The number of hydrogen-bond acceptors (Lipinski definition) is 4. The Balaban J connectivity index is 2.17. The van der Waals surface area contributed by atoms with Gasteiger partial charge in [-0.2, -0.15) is 5.10 Å². The summed E-state index contributed by atoms with van der Waals surface area (Å²) in [7, 11) is 0. The first-order chi connectivity index (χ1) is 9.19. The molecule has 98 valence electrons. The molecule has 1 N–H and O–H groups in total. The predicted molar refractivity (Wildman–Crippen MR) is 78.9 cm³/mol. The van der Waals surface area contributed by atoms with Crippen LogP contribution in [0.1, 0.15) is 18.9 Å².